The van der Waals surface area contributed by atoms with Crippen molar-refractivity contribution >= 4 is 33.4 Å². The number of benzene rings is 1. The number of hydrogen-bond donors (Lipinski definition) is 1. The Morgan fingerprint density at radius 2 is 1.82 bits per heavy atom. The first-order chi connectivity index (χ1) is 10.4. The van der Waals surface area contributed by atoms with Crippen LogP contribution in [0.1, 0.15) is 6.92 Å². The summed E-state index contributed by atoms with van der Waals surface area (Å²) in [6.07, 6.45) is 3.52. The van der Waals surface area contributed by atoms with Crippen molar-refractivity contribution in [2.24, 2.45) is 11.8 Å². The molecule has 1 N–H and O–H groups in total. The third kappa shape index (κ3) is 1.55. The van der Waals surface area contributed by atoms with Crippen molar-refractivity contribution in [1.29, 1.82) is 0 Å². The summed E-state index contributed by atoms with van der Waals surface area (Å²) in [5.41, 5.74) is -1.36. The number of aliphatic hydroxyl groups is 1. The Bertz CT molecular complexity index is 715. The minimum Gasteiger partial charge on any atom is -0.393 e. The molecule has 3 aliphatic rings. The third-order valence-corrected chi connectivity index (χ3v) is 5.42. The molecule has 0 unspecified atom stereocenters. The third-order valence-electron chi connectivity index (χ3n) is 4.89. The van der Waals surface area contributed by atoms with Gasteiger partial charge >= 0.3 is 0 Å². The van der Waals surface area contributed by atoms with Crippen LogP contribution in [0.3, 0.4) is 0 Å². The van der Waals surface area contributed by atoms with Gasteiger partial charge in [0.1, 0.15) is 5.60 Å². The average Bonchev–Trinajstić information content (AvgIpc) is 3.07. The molecule has 2 amide bonds. The highest BCUT2D eigenvalue weighted by atomic mass is 79.9. The van der Waals surface area contributed by atoms with E-state index in [1.54, 1.807) is 43.3 Å². The van der Waals surface area contributed by atoms with Gasteiger partial charge in [-0.2, -0.15) is 0 Å². The first-order valence-corrected chi connectivity index (χ1v) is 7.86. The van der Waals surface area contributed by atoms with Crippen molar-refractivity contribution in [3.8, 4) is 0 Å². The molecule has 0 aliphatic carbocycles. The fourth-order valence-corrected chi connectivity index (χ4v) is 4.15. The van der Waals surface area contributed by atoms with E-state index in [-0.39, 0.29) is 18.4 Å². The maximum atomic E-state index is 12.8. The van der Waals surface area contributed by atoms with Crippen LogP contribution in [-0.4, -0.2) is 34.7 Å². The second-order valence-electron chi connectivity index (χ2n) is 6.18. The molecule has 1 aromatic rings. The molecule has 2 saturated heterocycles. The number of anilines is 1. The molecule has 6 heteroatoms. The molecule has 2 fully saturated rings. The van der Waals surface area contributed by atoms with E-state index in [9.17, 15) is 14.7 Å². The van der Waals surface area contributed by atoms with E-state index < -0.39 is 23.0 Å². The topological polar surface area (TPSA) is 66.8 Å². The molecule has 0 aromatic heterocycles. The van der Waals surface area contributed by atoms with Crippen LogP contribution in [0, 0.1) is 11.8 Å². The largest absolute Gasteiger partial charge is 0.393 e. The van der Waals surface area contributed by atoms with Crippen LogP contribution < -0.4 is 4.90 Å². The molecule has 0 spiro atoms. The predicted molar refractivity (Wildman–Crippen MR) is 82.1 cm³/mol. The van der Waals surface area contributed by atoms with Crippen LogP contribution in [0.25, 0.3) is 0 Å². The number of nitrogens with zero attached hydrogens (tertiary/aromatic N) is 1. The van der Waals surface area contributed by atoms with Gasteiger partial charge < -0.3 is 9.84 Å². The lowest BCUT2D eigenvalue weighted by molar-refractivity contribution is -0.131. The van der Waals surface area contributed by atoms with E-state index in [0.717, 1.165) is 4.47 Å². The second kappa shape index (κ2) is 4.28. The van der Waals surface area contributed by atoms with Crippen molar-refractivity contribution < 1.29 is 19.4 Å². The smallest absolute Gasteiger partial charge is 0.241 e. The molecule has 114 valence electrons. The Balaban J connectivity index is 1.80. The zero-order valence-corrected chi connectivity index (χ0v) is 13.4. The minimum atomic E-state index is -1.07. The van der Waals surface area contributed by atoms with Crippen LogP contribution in [0.4, 0.5) is 5.69 Å². The number of fused-ring (bicyclic) bond motifs is 5. The molecule has 3 heterocycles. The molecular weight excluding hydrogens is 350 g/mol. The Morgan fingerprint density at radius 1 is 1.18 bits per heavy atom. The van der Waals surface area contributed by atoms with Gasteiger partial charge in [-0.15, -0.1) is 0 Å². The highest BCUT2D eigenvalue weighted by Gasteiger charge is 2.72. The zero-order valence-electron chi connectivity index (χ0n) is 11.8. The number of rotatable bonds is 2. The number of hydrogen-bond acceptors (Lipinski definition) is 4. The van der Waals surface area contributed by atoms with Crippen LogP contribution in [0.5, 0.6) is 0 Å². The summed E-state index contributed by atoms with van der Waals surface area (Å²) in [5.74, 6) is -1.82. The number of halogens is 1. The number of carbonyl (C=O) groups excluding carboxylic acids is 2. The first kappa shape index (κ1) is 14.1. The summed E-state index contributed by atoms with van der Waals surface area (Å²) < 4.78 is 6.75. The molecule has 3 aliphatic heterocycles. The van der Waals surface area contributed by atoms with Gasteiger partial charge in [0.25, 0.3) is 0 Å². The molecule has 4 atom stereocenters. The lowest BCUT2D eigenvalue weighted by Gasteiger charge is -2.26. The fourth-order valence-electron chi connectivity index (χ4n) is 3.89. The van der Waals surface area contributed by atoms with Crippen LogP contribution in [0.2, 0.25) is 0 Å². The molecule has 0 saturated carbocycles. The monoisotopic (exact) mass is 363 g/mol. The van der Waals surface area contributed by atoms with Crippen molar-refractivity contribution in [3.05, 3.63) is 40.9 Å². The summed E-state index contributed by atoms with van der Waals surface area (Å²) in [6, 6.07) is 7.03. The van der Waals surface area contributed by atoms with Crippen LogP contribution in [0.15, 0.2) is 40.9 Å². The van der Waals surface area contributed by atoms with Gasteiger partial charge in [0.15, 0.2) is 0 Å². The summed E-state index contributed by atoms with van der Waals surface area (Å²) in [7, 11) is 0. The predicted octanol–water partition coefficient (Wildman–Crippen LogP) is 1.64. The Kier molecular flexibility index (Phi) is 2.74. The van der Waals surface area contributed by atoms with Gasteiger partial charge in [0, 0.05) is 4.47 Å². The number of imide groups is 1. The highest BCUT2D eigenvalue weighted by molar-refractivity contribution is 9.10. The van der Waals surface area contributed by atoms with Gasteiger partial charge in [-0.05, 0) is 31.2 Å². The SMILES string of the molecule is C[C@@]12C=C[C@@](CO)(O1)[C@H]1C(=O)N(c3ccc(Br)cc3)C(=O)[C@@H]12. The van der Waals surface area contributed by atoms with E-state index in [1.807, 2.05) is 0 Å². The molecule has 22 heavy (non-hydrogen) atoms. The maximum Gasteiger partial charge on any atom is 0.241 e. The minimum absolute atomic E-state index is 0.264. The number of carbonyl (C=O) groups is 2. The number of aliphatic hydroxyl groups excluding tert-OH is 1. The van der Waals surface area contributed by atoms with E-state index in [2.05, 4.69) is 15.9 Å². The van der Waals surface area contributed by atoms with E-state index >= 15 is 0 Å². The summed E-state index contributed by atoms with van der Waals surface area (Å²) in [6.45, 7) is 1.48. The zero-order chi connectivity index (χ0) is 15.7. The maximum absolute atomic E-state index is 12.8. The van der Waals surface area contributed by atoms with Gasteiger partial charge in [-0.3, -0.25) is 9.59 Å². The van der Waals surface area contributed by atoms with Crippen LogP contribution >= 0.6 is 15.9 Å². The van der Waals surface area contributed by atoms with Gasteiger partial charge in [0.05, 0.1) is 29.7 Å². The van der Waals surface area contributed by atoms with Crippen LogP contribution in [-0.2, 0) is 14.3 Å². The first-order valence-electron chi connectivity index (χ1n) is 7.07. The Hall–Kier alpha value is -1.50. The van der Waals surface area contributed by atoms with Crippen molar-refractivity contribution in [2.45, 2.75) is 18.1 Å². The normalized spacial score (nSPS) is 39.0. The molecule has 5 nitrogen and oxygen atoms in total. The van der Waals surface area contributed by atoms with Crippen molar-refractivity contribution in [2.75, 3.05) is 11.5 Å². The van der Waals surface area contributed by atoms with Gasteiger partial charge in [-0.25, -0.2) is 4.90 Å². The van der Waals surface area contributed by atoms with Gasteiger partial charge in [-0.1, -0.05) is 28.1 Å². The molecule has 1 aromatic carbocycles. The van der Waals surface area contributed by atoms with Crippen molar-refractivity contribution in [1.82, 2.24) is 0 Å². The molecule has 0 radical (unpaired) electrons. The Labute approximate surface area is 135 Å². The number of ether oxygens (including phenoxy) is 1. The molecule has 2 bridgehead atoms. The lowest BCUT2D eigenvalue weighted by Crippen LogP contribution is -2.43. The summed E-state index contributed by atoms with van der Waals surface area (Å²) in [4.78, 5) is 26.9. The standard InChI is InChI=1S/C16H14BrNO4/c1-15-6-7-16(8-19,22-15)12-11(15)13(20)18(14(12)21)10-4-2-9(17)3-5-10/h2-7,11-12,19H,8H2,1H3/t11-,12-,15+,16+/m1/s1. The highest BCUT2D eigenvalue weighted by Crippen LogP contribution is 2.57. The van der Waals surface area contributed by atoms with E-state index in [4.69, 9.17) is 4.74 Å². The summed E-state index contributed by atoms with van der Waals surface area (Å²) >= 11 is 3.34. The van der Waals surface area contributed by atoms with E-state index in [0.29, 0.717) is 5.69 Å². The van der Waals surface area contributed by atoms with Crippen molar-refractivity contribution in [3.63, 3.8) is 0 Å². The quantitative estimate of drug-likeness (QED) is 0.640. The second-order valence-corrected chi connectivity index (χ2v) is 7.09. The average molecular weight is 364 g/mol. The molecule has 4 rings (SSSR count). The Morgan fingerprint density at radius 3 is 2.45 bits per heavy atom. The van der Waals surface area contributed by atoms with Gasteiger partial charge in [0.2, 0.25) is 11.8 Å². The molecular formula is C16H14BrNO4. The summed E-state index contributed by atoms with van der Waals surface area (Å²) in [5, 5.41) is 9.74. The number of amides is 2. The lowest BCUT2D eigenvalue weighted by atomic mass is 9.73. The van der Waals surface area contributed by atoms with E-state index in [1.165, 1.54) is 4.90 Å². The fraction of sp³-hybridized carbons (Fsp3) is 0.375.